The van der Waals surface area contributed by atoms with Crippen molar-refractivity contribution in [1.82, 2.24) is 4.98 Å². The van der Waals surface area contributed by atoms with Crippen molar-refractivity contribution >= 4 is 11.8 Å². The normalized spacial score (nSPS) is 15.4. The van der Waals surface area contributed by atoms with Gasteiger partial charge in [-0.05, 0) is 26.0 Å². The van der Waals surface area contributed by atoms with Crippen molar-refractivity contribution < 1.29 is 5.11 Å². The molecule has 3 heteroatoms. The van der Waals surface area contributed by atoms with Crippen molar-refractivity contribution in [2.45, 2.75) is 37.0 Å². The van der Waals surface area contributed by atoms with Gasteiger partial charge < -0.3 is 5.11 Å². The lowest BCUT2D eigenvalue weighted by atomic mass is 10.3. The van der Waals surface area contributed by atoms with Crippen molar-refractivity contribution in [3.8, 4) is 0 Å². The Bertz CT molecular complexity index is 275. The molecule has 0 bridgehead atoms. The van der Waals surface area contributed by atoms with E-state index in [1.165, 1.54) is 4.90 Å². The monoisotopic (exact) mass is 197 g/mol. The largest absolute Gasteiger partial charge is 0.392 e. The highest BCUT2D eigenvalue weighted by Crippen LogP contribution is 2.24. The molecule has 0 radical (unpaired) electrons. The lowest BCUT2D eigenvalue weighted by Gasteiger charge is -2.13. The highest BCUT2D eigenvalue weighted by Gasteiger charge is 2.09. The Labute approximate surface area is 83.4 Å². The zero-order valence-corrected chi connectivity index (χ0v) is 9.01. The Hall–Kier alpha value is -0.540. The van der Waals surface area contributed by atoms with Crippen LogP contribution in [-0.4, -0.2) is 21.4 Å². The molecular formula is C10H15NOS. The molecule has 2 unspecified atom stereocenters. The van der Waals surface area contributed by atoms with Gasteiger partial charge in [-0.15, -0.1) is 11.8 Å². The molecule has 13 heavy (non-hydrogen) atoms. The van der Waals surface area contributed by atoms with Gasteiger partial charge in [0.2, 0.25) is 0 Å². The molecular weight excluding hydrogens is 182 g/mol. The molecule has 1 rings (SSSR count). The third-order valence-electron chi connectivity index (χ3n) is 1.87. The molecule has 2 nitrogen and oxygen atoms in total. The molecule has 0 aliphatic carbocycles. The van der Waals surface area contributed by atoms with Crippen molar-refractivity contribution in [2.24, 2.45) is 0 Å². The zero-order valence-electron chi connectivity index (χ0n) is 8.19. The number of aryl methyl sites for hydroxylation is 1. The van der Waals surface area contributed by atoms with Gasteiger partial charge in [-0.2, -0.15) is 0 Å². The summed E-state index contributed by atoms with van der Waals surface area (Å²) in [4.78, 5) is 5.28. The molecule has 0 aromatic carbocycles. The van der Waals surface area contributed by atoms with E-state index in [1.54, 1.807) is 18.0 Å². The lowest BCUT2D eigenvalue weighted by molar-refractivity contribution is 0.196. The summed E-state index contributed by atoms with van der Waals surface area (Å²) < 4.78 is 0. The van der Waals surface area contributed by atoms with E-state index in [-0.39, 0.29) is 11.4 Å². The quantitative estimate of drug-likeness (QED) is 0.754. The van der Waals surface area contributed by atoms with Crippen molar-refractivity contribution in [1.29, 1.82) is 0 Å². The van der Waals surface area contributed by atoms with Crippen LogP contribution in [-0.2, 0) is 0 Å². The summed E-state index contributed by atoms with van der Waals surface area (Å²) in [7, 11) is 0. The number of hydrogen-bond acceptors (Lipinski definition) is 3. The Kier molecular flexibility index (Phi) is 3.75. The van der Waals surface area contributed by atoms with Gasteiger partial charge in [-0.3, -0.25) is 4.98 Å². The van der Waals surface area contributed by atoms with Crippen molar-refractivity contribution in [3.05, 3.63) is 24.0 Å². The van der Waals surface area contributed by atoms with Crippen LogP contribution in [0.4, 0.5) is 0 Å². The second kappa shape index (κ2) is 4.63. The maximum absolute atomic E-state index is 9.32. The van der Waals surface area contributed by atoms with E-state index in [2.05, 4.69) is 4.98 Å². The fraction of sp³-hybridized carbons (Fsp3) is 0.500. The molecule has 0 amide bonds. The molecule has 0 aliphatic rings. The van der Waals surface area contributed by atoms with E-state index in [9.17, 15) is 5.11 Å². The number of hydrogen-bond donors (Lipinski definition) is 1. The molecule has 2 atom stereocenters. The molecule has 1 aromatic heterocycles. The summed E-state index contributed by atoms with van der Waals surface area (Å²) in [6.07, 6.45) is 1.52. The smallest absolute Gasteiger partial charge is 0.0631 e. The predicted octanol–water partition coefficient (Wildman–Crippen LogP) is 2.25. The van der Waals surface area contributed by atoms with Crippen molar-refractivity contribution in [3.63, 3.8) is 0 Å². The maximum Gasteiger partial charge on any atom is 0.0631 e. The molecule has 0 saturated heterocycles. The lowest BCUT2D eigenvalue weighted by Crippen LogP contribution is -2.14. The molecule has 0 aliphatic heterocycles. The molecule has 0 spiro atoms. The Morgan fingerprint density at radius 2 is 2.15 bits per heavy atom. The first-order valence-electron chi connectivity index (χ1n) is 4.37. The first-order valence-corrected chi connectivity index (χ1v) is 5.25. The van der Waals surface area contributed by atoms with Crippen LogP contribution in [0.25, 0.3) is 0 Å². The Morgan fingerprint density at radius 1 is 1.46 bits per heavy atom. The van der Waals surface area contributed by atoms with E-state index in [0.29, 0.717) is 0 Å². The maximum atomic E-state index is 9.32. The van der Waals surface area contributed by atoms with Gasteiger partial charge in [0.25, 0.3) is 0 Å². The minimum Gasteiger partial charge on any atom is -0.392 e. The van der Waals surface area contributed by atoms with Crippen LogP contribution in [0.3, 0.4) is 0 Å². The van der Waals surface area contributed by atoms with Gasteiger partial charge in [-0.25, -0.2) is 0 Å². The first-order chi connectivity index (χ1) is 6.09. The summed E-state index contributed by atoms with van der Waals surface area (Å²) in [5.41, 5.74) is 1.02. The van der Waals surface area contributed by atoms with Crippen molar-refractivity contribution in [2.75, 3.05) is 0 Å². The fourth-order valence-electron chi connectivity index (χ4n) is 0.906. The first kappa shape index (κ1) is 10.5. The topological polar surface area (TPSA) is 33.1 Å². The average molecular weight is 197 g/mol. The van der Waals surface area contributed by atoms with Gasteiger partial charge in [0, 0.05) is 22.0 Å². The Balaban J connectivity index is 2.64. The second-order valence-corrected chi connectivity index (χ2v) is 4.65. The van der Waals surface area contributed by atoms with E-state index in [0.717, 1.165) is 5.69 Å². The zero-order chi connectivity index (χ0) is 9.84. The summed E-state index contributed by atoms with van der Waals surface area (Å²) in [6.45, 7) is 5.80. The highest BCUT2D eigenvalue weighted by atomic mass is 32.2. The van der Waals surface area contributed by atoms with Crippen LogP contribution in [0, 0.1) is 6.92 Å². The van der Waals surface area contributed by atoms with Gasteiger partial charge in [0.15, 0.2) is 0 Å². The van der Waals surface area contributed by atoms with Crippen LogP contribution in [0.1, 0.15) is 19.5 Å². The van der Waals surface area contributed by atoms with Crippen LogP contribution in [0.2, 0.25) is 0 Å². The summed E-state index contributed by atoms with van der Waals surface area (Å²) >= 11 is 1.68. The fourth-order valence-corrected chi connectivity index (χ4v) is 1.91. The number of aromatic nitrogens is 1. The third kappa shape index (κ3) is 3.36. The SMILES string of the molecule is Cc1cc(SC(C)C(C)O)ccn1. The summed E-state index contributed by atoms with van der Waals surface area (Å²) in [5.74, 6) is 0. The molecule has 0 fully saturated rings. The number of pyridine rings is 1. The van der Waals surface area contributed by atoms with Gasteiger partial charge in [-0.1, -0.05) is 6.92 Å². The highest BCUT2D eigenvalue weighted by molar-refractivity contribution is 8.00. The number of aliphatic hydroxyl groups excluding tert-OH is 1. The van der Waals surface area contributed by atoms with E-state index in [4.69, 9.17) is 0 Å². The summed E-state index contributed by atoms with van der Waals surface area (Å²) in [5, 5.41) is 9.54. The Morgan fingerprint density at radius 3 is 2.69 bits per heavy atom. The van der Waals surface area contributed by atoms with E-state index in [1.807, 2.05) is 32.9 Å². The number of nitrogens with zero attached hydrogens (tertiary/aromatic N) is 1. The third-order valence-corrected chi connectivity index (χ3v) is 3.16. The molecule has 0 saturated carbocycles. The second-order valence-electron chi connectivity index (χ2n) is 3.20. The predicted molar refractivity (Wildman–Crippen MR) is 56.0 cm³/mol. The molecule has 72 valence electrons. The van der Waals surface area contributed by atoms with E-state index < -0.39 is 0 Å². The van der Waals surface area contributed by atoms with Crippen LogP contribution >= 0.6 is 11.8 Å². The van der Waals surface area contributed by atoms with Gasteiger partial charge >= 0.3 is 0 Å². The molecule has 1 heterocycles. The van der Waals surface area contributed by atoms with E-state index >= 15 is 0 Å². The van der Waals surface area contributed by atoms with Crippen LogP contribution in [0.5, 0.6) is 0 Å². The number of aliphatic hydroxyl groups is 1. The van der Waals surface area contributed by atoms with Crippen LogP contribution in [0.15, 0.2) is 23.2 Å². The van der Waals surface area contributed by atoms with Gasteiger partial charge in [0.1, 0.15) is 0 Å². The molecule has 1 aromatic rings. The number of thioether (sulfide) groups is 1. The number of rotatable bonds is 3. The van der Waals surface area contributed by atoms with Crippen LogP contribution < -0.4 is 0 Å². The standard InChI is InChI=1S/C10H15NOS/c1-7-6-10(4-5-11-7)13-9(3)8(2)12/h4-6,8-9,12H,1-3H3. The minimum atomic E-state index is -0.279. The molecule has 1 N–H and O–H groups in total. The minimum absolute atomic E-state index is 0.224. The average Bonchev–Trinajstić information content (AvgIpc) is 2.04. The van der Waals surface area contributed by atoms with Gasteiger partial charge in [0.05, 0.1) is 6.10 Å². The summed E-state index contributed by atoms with van der Waals surface area (Å²) in [6, 6.07) is 4.00.